The van der Waals surface area contributed by atoms with E-state index in [9.17, 15) is 4.79 Å². The number of ether oxygens (including phenoxy) is 1. The largest absolute Gasteiger partial charge is 0.465 e. The molecule has 0 amide bonds. The van der Waals surface area contributed by atoms with E-state index in [1.165, 1.54) is 23.9 Å². The van der Waals surface area contributed by atoms with Crippen LogP contribution in [0.25, 0.3) is 5.78 Å². The minimum Gasteiger partial charge on any atom is -0.465 e. The van der Waals surface area contributed by atoms with Crippen LogP contribution in [0, 0.1) is 0 Å². The van der Waals surface area contributed by atoms with Crippen molar-refractivity contribution in [3.05, 3.63) is 23.1 Å². The second-order valence-electron chi connectivity index (χ2n) is 2.77. The summed E-state index contributed by atoms with van der Waals surface area (Å²) in [7, 11) is 1.27. The van der Waals surface area contributed by atoms with Crippen molar-refractivity contribution in [2.45, 2.75) is 0 Å². The first-order valence-corrected chi connectivity index (χ1v) is 4.38. The maximum absolute atomic E-state index is 11.3. The van der Waals surface area contributed by atoms with Crippen molar-refractivity contribution in [2.75, 3.05) is 12.8 Å². The maximum atomic E-state index is 11.3. The summed E-state index contributed by atoms with van der Waals surface area (Å²) in [4.78, 5) is 19.1. The van der Waals surface area contributed by atoms with Gasteiger partial charge in [0.05, 0.1) is 13.3 Å². The number of halogens is 1. The van der Waals surface area contributed by atoms with Crippen LogP contribution in [0.2, 0.25) is 5.15 Å². The summed E-state index contributed by atoms with van der Waals surface area (Å²) >= 11 is 5.83. The number of methoxy groups -OCH3 is 1. The second-order valence-corrected chi connectivity index (χ2v) is 3.15. The van der Waals surface area contributed by atoms with Crippen LogP contribution in [-0.2, 0) is 4.74 Å². The van der Waals surface area contributed by atoms with Gasteiger partial charge in [-0.25, -0.2) is 14.8 Å². The Kier molecular flexibility index (Phi) is 2.20. The SMILES string of the molecule is COC(=O)c1cnc2ncc(Cl)n2c1N. The normalized spacial score (nSPS) is 10.5. The Bertz CT molecular complexity index is 537. The number of imidazole rings is 1. The van der Waals surface area contributed by atoms with Gasteiger partial charge in [-0.15, -0.1) is 0 Å². The van der Waals surface area contributed by atoms with Gasteiger partial charge >= 0.3 is 5.97 Å². The molecule has 0 aliphatic rings. The minimum atomic E-state index is -0.563. The number of fused-ring (bicyclic) bond motifs is 1. The highest BCUT2D eigenvalue weighted by atomic mass is 35.5. The highest BCUT2D eigenvalue weighted by molar-refractivity contribution is 6.30. The average Bonchev–Trinajstić information content (AvgIpc) is 2.61. The van der Waals surface area contributed by atoms with E-state index in [2.05, 4.69) is 14.7 Å². The third-order valence-electron chi connectivity index (χ3n) is 1.93. The number of hydrogen-bond acceptors (Lipinski definition) is 5. The molecule has 0 radical (unpaired) electrons. The lowest BCUT2D eigenvalue weighted by Crippen LogP contribution is -2.10. The first-order valence-electron chi connectivity index (χ1n) is 4.01. The van der Waals surface area contributed by atoms with Gasteiger partial charge in [0.25, 0.3) is 0 Å². The third-order valence-corrected chi connectivity index (χ3v) is 2.20. The van der Waals surface area contributed by atoms with Crippen LogP contribution in [0.3, 0.4) is 0 Å². The molecule has 0 saturated carbocycles. The molecule has 0 aliphatic carbocycles. The lowest BCUT2D eigenvalue weighted by Gasteiger charge is -2.05. The molecule has 15 heavy (non-hydrogen) atoms. The van der Waals surface area contributed by atoms with E-state index in [1.54, 1.807) is 0 Å². The summed E-state index contributed by atoms with van der Waals surface area (Å²) in [5.74, 6) is -0.0637. The first kappa shape index (κ1) is 9.72. The average molecular weight is 227 g/mol. The van der Waals surface area contributed by atoms with Crippen molar-refractivity contribution in [3.63, 3.8) is 0 Å². The topological polar surface area (TPSA) is 82.5 Å². The fourth-order valence-electron chi connectivity index (χ4n) is 1.21. The van der Waals surface area contributed by atoms with Crippen LogP contribution in [0.1, 0.15) is 10.4 Å². The van der Waals surface area contributed by atoms with Crippen LogP contribution >= 0.6 is 11.6 Å². The van der Waals surface area contributed by atoms with Gasteiger partial charge in [0.15, 0.2) is 0 Å². The Hall–Kier alpha value is -1.82. The Morgan fingerprint density at radius 3 is 2.87 bits per heavy atom. The zero-order chi connectivity index (χ0) is 11.0. The monoisotopic (exact) mass is 226 g/mol. The predicted octanol–water partition coefficient (Wildman–Crippen LogP) is 0.751. The number of carbonyl (C=O) groups excluding carboxylic acids is 1. The number of anilines is 1. The minimum absolute atomic E-state index is 0.157. The molecule has 0 aliphatic heterocycles. The Morgan fingerprint density at radius 2 is 2.20 bits per heavy atom. The van der Waals surface area contributed by atoms with Gasteiger partial charge in [0.1, 0.15) is 16.5 Å². The summed E-state index contributed by atoms with van der Waals surface area (Å²) in [5.41, 5.74) is 5.90. The second kappa shape index (κ2) is 3.39. The lowest BCUT2D eigenvalue weighted by atomic mass is 10.3. The van der Waals surface area contributed by atoms with E-state index in [0.717, 1.165) is 0 Å². The first-order chi connectivity index (χ1) is 7.15. The Balaban J connectivity index is 2.74. The van der Waals surface area contributed by atoms with Gasteiger partial charge in [-0.2, -0.15) is 0 Å². The lowest BCUT2D eigenvalue weighted by molar-refractivity contribution is 0.0601. The summed E-state index contributed by atoms with van der Waals surface area (Å²) in [6, 6.07) is 0. The fourth-order valence-corrected chi connectivity index (χ4v) is 1.43. The molecule has 6 nitrogen and oxygen atoms in total. The molecule has 0 spiro atoms. The predicted molar refractivity (Wildman–Crippen MR) is 53.7 cm³/mol. The fraction of sp³-hybridized carbons (Fsp3) is 0.125. The molecular formula is C8H7ClN4O2. The van der Waals surface area contributed by atoms with Gasteiger partial charge in [-0.05, 0) is 0 Å². The number of nitrogens with zero attached hydrogens (tertiary/aromatic N) is 3. The van der Waals surface area contributed by atoms with Crippen molar-refractivity contribution in [2.24, 2.45) is 0 Å². The van der Waals surface area contributed by atoms with E-state index in [4.69, 9.17) is 17.3 Å². The van der Waals surface area contributed by atoms with Crippen molar-refractivity contribution < 1.29 is 9.53 Å². The quantitative estimate of drug-likeness (QED) is 0.726. The zero-order valence-electron chi connectivity index (χ0n) is 7.77. The van der Waals surface area contributed by atoms with E-state index in [-0.39, 0.29) is 11.4 Å². The van der Waals surface area contributed by atoms with Gasteiger partial charge in [-0.1, -0.05) is 11.6 Å². The number of carbonyl (C=O) groups is 1. The molecule has 0 aromatic carbocycles. The summed E-state index contributed by atoms with van der Waals surface area (Å²) < 4.78 is 5.92. The number of hydrogen-bond donors (Lipinski definition) is 1. The molecule has 2 rings (SSSR count). The molecular weight excluding hydrogens is 220 g/mol. The number of aromatic nitrogens is 3. The number of nitrogen functional groups attached to an aromatic ring is 1. The van der Waals surface area contributed by atoms with Crippen LogP contribution in [0.5, 0.6) is 0 Å². The van der Waals surface area contributed by atoms with Crippen LogP contribution in [0.4, 0.5) is 5.82 Å². The molecule has 0 atom stereocenters. The molecule has 0 fully saturated rings. The zero-order valence-corrected chi connectivity index (χ0v) is 8.52. The third kappa shape index (κ3) is 1.39. The maximum Gasteiger partial charge on any atom is 0.343 e. The molecule has 0 unspecified atom stereocenters. The molecule has 2 heterocycles. The molecule has 0 bridgehead atoms. The van der Waals surface area contributed by atoms with Crippen molar-refractivity contribution in [1.29, 1.82) is 0 Å². The number of esters is 1. The van der Waals surface area contributed by atoms with E-state index in [0.29, 0.717) is 10.9 Å². The Labute approximate surface area is 89.6 Å². The molecule has 7 heteroatoms. The number of nitrogens with two attached hydrogens (primary N) is 1. The van der Waals surface area contributed by atoms with Gasteiger partial charge in [-0.3, -0.25) is 4.40 Å². The van der Waals surface area contributed by atoms with Crippen LogP contribution < -0.4 is 5.73 Å². The molecule has 2 N–H and O–H groups in total. The molecule has 78 valence electrons. The highest BCUT2D eigenvalue weighted by Crippen LogP contribution is 2.18. The van der Waals surface area contributed by atoms with E-state index >= 15 is 0 Å². The molecule has 2 aromatic heterocycles. The van der Waals surface area contributed by atoms with Crippen molar-refractivity contribution in [1.82, 2.24) is 14.4 Å². The van der Waals surface area contributed by atoms with Crippen molar-refractivity contribution >= 4 is 29.2 Å². The van der Waals surface area contributed by atoms with Crippen LogP contribution in [-0.4, -0.2) is 27.4 Å². The Morgan fingerprint density at radius 1 is 1.53 bits per heavy atom. The van der Waals surface area contributed by atoms with Gasteiger partial charge in [0.2, 0.25) is 5.78 Å². The van der Waals surface area contributed by atoms with Crippen LogP contribution in [0.15, 0.2) is 12.4 Å². The van der Waals surface area contributed by atoms with Gasteiger partial charge in [0, 0.05) is 6.20 Å². The highest BCUT2D eigenvalue weighted by Gasteiger charge is 2.15. The van der Waals surface area contributed by atoms with E-state index < -0.39 is 5.97 Å². The standard InChI is InChI=1S/C8H7ClN4O2/c1-15-7(14)4-2-11-8-12-3-5(9)13(8)6(4)10/h2-3H,10H2,1H3. The van der Waals surface area contributed by atoms with Crippen molar-refractivity contribution in [3.8, 4) is 0 Å². The molecule has 0 saturated heterocycles. The summed E-state index contributed by atoms with van der Waals surface area (Å²) in [6.45, 7) is 0. The number of rotatable bonds is 1. The van der Waals surface area contributed by atoms with Gasteiger partial charge < -0.3 is 10.5 Å². The summed E-state index contributed by atoms with van der Waals surface area (Å²) in [5, 5.41) is 0.292. The summed E-state index contributed by atoms with van der Waals surface area (Å²) in [6.07, 6.45) is 2.71. The smallest absolute Gasteiger partial charge is 0.343 e. The molecule has 2 aromatic rings. The van der Waals surface area contributed by atoms with E-state index in [1.807, 2.05) is 0 Å².